The molecule has 164 valence electrons. The van der Waals surface area contributed by atoms with Crippen LogP contribution >= 0.6 is 0 Å². The fourth-order valence-electron chi connectivity index (χ4n) is 4.40. The van der Waals surface area contributed by atoms with Crippen molar-refractivity contribution in [3.05, 3.63) is 76.1 Å². The van der Waals surface area contributed by atoms with Crippen LogP contribution in [0.25, 0.3) is 11.4 Å². The van der Waals surface area contributed by atoms with Crippen LogP contribution in [0.1, 0.15) is 34.7 Å². The van der Waals surface area contributed by atoms with Crippen molar-refractivity contribution in [3.8, 4) is 17.1 Å². The molecule has 1 fully saturated rings. The average Bonchev–Trinajstić information content (AvgIpc) is 2.85. The lowest BCUT2D eigenvalue weighted by molar-refractivity contribution is -0.0969. The van der Waals surface area contributed by atoms with Crippen molar-refractivity contribution in [1.82, 2.24) is 14.9 Å². The zero-order chi connectivity index (χ0) is 22.1. The van der Waals surface area contributed by atoms with E-state index in [1.807, 2.05) is 36.5 Å². The van der Waals surface area contributed by atoms with E-state index in [1.165, 1.54) is 19.4 Å². The minimum absolute atomic E-state index is 0.00500. The molecule has 0 radical (unpaired) electrons. The average molecular weight is 433 g/mol. The van der Waals surface area contributed by atoms with Gasteiger partial charge < -0.3 is 18.8 Å². The lowest BCUT2D eigenvalue weighted by atomic mass is 9.83. The Balaban J connectivity index is 1.38. The number of ether oxygens (including phenoxy) is 2. The number of aromatic nitrogens is 2. The summed E-state index contributed by atoms with van der Waals surface area (Å²) in [7, 11) is 1.38. The molecule has 1 amide bonds. The van der Waals surface area contributed by atoms with E-state index in [-0.39, 0.29) is 22.8 Å². The van der Waals surface area contributed by atoms with E-state index in [1.54, 1.807) is 4.90 Å². The van der Waals surface area contributed by atoms with E-state index in [9.17, 15) is 9.59 Å². The van der Waals surface area contributed by atoms with Gasteiger partial charge in [-0.2, -0.15) is 0 Å². The van der Waals surface area contributed by atoms with Crippen LogP contribution in [-0.2, 0) is 16.8 Å². The van der Waals surface area contributed by atoms with Gasteiger partial charge >= 0.3 is 0 Å². The van der Waals surface area contributed by atoms with Crippen LogP contribution in [0.2, 0.25) is 0 Å². The Morgan fingerprint density at radius 3 is 2.69 bits per heavy atom. The summed E-state index contributed by atoms with van der Waals surface area (Å²) in [5.74, 6) is 0.432. The molecule has 1 aromatic carbocycles. The van der Waals surface area contributed by atoms with Crippen LogP contribution in [0.15, 0.2) is 58.1 Å². The van der Waals surface area contributed by atoms with Crippen molar-refractivity contribution in [2.75, 3.05) is 26.8 Å². The van der Waals surface area contributed by atoms with Gasteiger partial charge in [-0.3, -0.25) is 9.59 Å². The smallest absolute Gasteiger partial charge is 0.289 e. The highest BCUT2D eigenvalue weighted by Gasteiger charge is 2.43. The number of hydrogen-bond acceptors (Lipinski definition) is 7. The first-order chi connectivity index (χ1) is 15.6. The highest BCUT2D eigenvalue weighted by Crippen LogP contribution is 2.41. The first-order valence-electron chi connectivity index (χ1n) is 10.6. The lowest BCUT2D eigenvalue weighted by Gasteiger charge is -2.43. The van der Waals surface area contributed by atoms with E-state index in [4.69, 9.17) is 18.9 Å². The zero-order valence-electron chi connectivity index (χ0n) is 17.7. The highest BCUT2D eigenvalue weighted by molar-refractivity contribution is 5.91. The standard InChI is InChI=1S/C24H23N3O5/c1-30-20-15-31-19(13-18(20)28)23(29)27-10-8-24(9-11-27)21-17(7-12-32-24)14-25-22(26-21)16-5-3-2-4-6-16/h2-6,13-15H,7-12H2,1H3. The molecule has 3 aromatic rings. The molecule has 0 aliphatic carbocycles. The van der Waals surface area contributed by atoms with Crippen molar-refractivity contribution in [1.29, 1.82) is 0 Å². The summed E-state index contributed by atoms with van der Waals surface area (Å²) in [6.45, 7) is 1.54. The number of piperidine rings is 1. The Hall–Kier alpha value is -3.52. The topological polar surface area (TPSA) is 94.8 Å². The predicted octanol–water partition coefficient (Wildman–Crippen LogP) is 2.81. The number of likely N-dealkylation sites (tertiary alicyclic amines) is 1. The van der Waals surface area contributed by atoms with Gasteiger partial charge in [0.1, 0.15) is 11.9 Å². The Bertz CT molecular complexity index is 1200. The molecule has 2 aromatic heterocycles. The summed E-state index contributed by atoms with van der Waals surface area (Å²) in [6.07, 6.45) is 5.06. The first kappa shape index (κ1) is 20.4. The van der Waals surface area contributed by atoms with Crippen LogP contribution in [-0.4, -0.2) is 47.6 Å². The van der Waals surface area contributed by atoms with Gasteiger partial charge in [0.25, 0.3) is 5.91 Å². The van der Waals surface area contributed by atoms with Crippen LogP contribution in [0.5, 0.6) is 5.75 Å². The van der Waals surface area contributed by atoms with Crippen molar-refractivity contribution >= 4 is 5.91 Å². The molecule has 0 N–H and O–H groups in total. The number of nitrogens with zero attached hydrogens (tertiary/aromatic N) is 3. The SMILES string of the molecule is COc1coc(C(=O)N2CCC3(CC2)OCCc2cnc(-c4ccccc4)nc23)cc1=O. The summed E-state index contributed by atoms with van der Waals surface area (Å²) in [4.78, 5) is 36.0. The Morgan fingerprint density at radius 2 is 1.97 bits per heavy atom. The minimum atomic E-state index is -0.544. The fourth-order valence-corrected chi connectivity index (χ4v) is 4.40. The maximum absolute atomic E-state index is 12.9. The molecule has 0 atom stereocenters. The third kappa shape index (κ3) is 3.56. The summed E-state index contributed by atoms with van der Waals surface area (Å²) in [5.41, 5.74) is 2.04. The van der Waals surface area contributed by atoms with Gasteiger partial charge in [-0.25, -0.2) is 9.97 Å². The third-order valence-corrected chi connectivity index (χ3v) is 6.16. The summed E-state index contributed by atoms with van der Waals surface area (Å²) < 4.78 is 16.5. The molecule has 0 bridgehead atoms. The Kier molecular flexibility index (Phi) is 5.22. The Morgan fingerprint density at radius 1 is 1.19 bits per heavy atom. The minimum Gasteiger partial charge on any atom is -0.490 e. The van der Waals surface area contributed by atoms with E-state index in [2.05, 4.69) is 4.98 Å². The molecule has 8 heteroatoms. The second-order valence-corrected chi connectivity index (χ2v) is 8.00. The van der Waals surface area contributed by atoms with Gasteiger partial charge in [0, 0.05) is 30.9 Å². The predicted molar refractivity (Wildman–Crippen MR) is 115 cm³/mol. The van der Waals surface area contributed by atoms with Crippen LogP contribution in [0, 0.1) is 0 Å². The summed E-state index contributed by atoms with van der Waals surface area (Å²) in [5, 5.41) is 0. The van der Waals surface area contributed by atoms with E-state index in [0.717, 1.165) is 23.2 Å². The van der Waals surface area contributed by atoms with E-state index in [0.29, 0.717) is 38.4 Å². The largest absolute Gasteiger partial charge is 0.490 e. The number of carbonyl (C=O) groups excluding carboxylic acids is 1. The number of rotatable bonds is 3. The normalized spacial score (nSPS) is 17.1. The second-order valence-electron chi connectivity index (χ2n) is 8.00. The highest BCUT2D eigenvalue weighted by atomic mass is 16.5. The van der Waals surface area contributed by atoms with E-state index < -0.39 is 5.60 Å². The van der Waals surface area contributed by atoms with Gasteiger partial charge in [0.15, 0.2) is 11.6 Å². The van der Waals surface area contributed by atoms with Crippen molar-refractivity contribution in [2.24, 2.45) is 0 Å². The molecule has 0 saturated carbocycles. The number of hydrogen-bond donors (Lipinski definition) is 0. The second kappa shape index (κ2) is 8.20. The van der Waals surface area contributed by atoms with Gasteiger partial charge in [0.05, 0.1) is 19.4 Å². The van der Waals surface area contributed by atoms with Gasteiger partial charge in [0.2, 0.25) is 11.2 Å². The molecule has 8 nitrogen and oxygen atoms in total. The molecule has 4 heterocycles. The van der Waals surface area contributed by atoms with Crippen LogP contribution in [0.3, 0.4) is 0 Å². The Labute approximate surface area is 184 Å². The molecule has 2 aliphatic heterocycles. The number of amides is 1. The molecule has 1 saturated heterocycles. The third-order valence-electron chi connectivity index (χ3n) is 6.16. The molecular formula is C24H23N3O5. The molecule has 32 heavy (non-hydrogen) atoms. The van der Waals surface area contributed by atoms with Crippen LogP contribution < -0.4 is 10.2 Å². The summed E-state index contributed by atoms with van der Waals surface area (Å²) >= 11 is 0. The first-order valence-corrected chi connectivity index (χ1v) is 10.6. The van der Waals surface area contributed by atoms with Crippen molar-refractivity contribution < 1.29 is 18.7 Å². The monoisotopic (exact) mass is 433 g/mol. The molecular weight excluding hydrogens is 410 g/mol. The van der Waals surface area contributed by atoms with Gasteiger partial charge in [-0.05, 0) is 24.8 Å². The summed E-state index contributed by atoms with van der Waals surface area (Å²) in [6, 6.07) is 11.0. The molecule has 5 rings (SSSR count). The lowest BCUT2D eigenvalue weighted by Crippen LogP contribution is -2.49. The molecule has 2 aliphatic rings. The maximum Gasteiger partial charge on any atom is 0.289 e. The van der Waals surface area contributed by atoms with Crippen molar-refractivity contribution in [3.63, 3.8) is 0 Å². The number of carbonyl (C=O) groups is 1. The number of methoxy groups -OCH3 is 1. The molecule has 1 spiro atoms. The number of fused-ring (bicyclic) bond motifs is 2. The van der Waals surface area contributed by atoms with Gasteiger partial charge in [-0.1, -0.05) is 30.3 Å². The van der Waals surface area contributed by atoms with Gasteiger partial charge in [-0.15, -0.1) is 0 Å². The maximum atomic E-state index is 12.9. The number of benzene rings is 1. The van der Waals surface area contributed by atoms with E-state index >= 15 is 0 Å². The molecule has 0 unspecified atom stereocenters. The quantitative estimate of drug-likeness (QED) is 0.627. The zero-order valence-corrected chi connectivity index (χ0v) is 17.7. The fraction of sp³-hybridized carbons (Fsp3) is 0.333. The van der Waals surface area contributed by atoms with Crippen molar-refractivity contribution in [2.45, 2.75) is 24.9 Å². The van der Waals surface area contributed by atoms with Crippen LogP contribution in [0.4, 0.5) is 0 Å².